The first kappa shape index (κ1) is 33.7. The van der Waals surface area contributed by atoms with Gasteiger partial charge in [0.2, 0.25) is 5.91 Å². The maximum Gasteiger partial charge on any atom is 0.408 e. The maximum absolute atomic E-state index is 14.7. The Morgan fingerprint density at radius 1 is 0.909 bits per heavy atom. The molecule has 3 rings (SSSR count). The van der Waals surface area contributed by atoms with Crippen LogP contribution in [0.5, 0.6) is 5.75 Å². The highest BCUT2D eigenvalue weighted by molar-refractivity contribution is 6.00. The van der Waals surface area contributed by atoms with E-state index < -0.39 is 41.1 Å². The summed E-state index contributed by atoms with van der Waals surface area (Å²) in [5.74, 6) is 1.78. The molecule has 0 heterocycles. The Bertz CT molecular complexity index is 1520. The Labute approximate surface area is 260 Å². The van der Waals surface area contributed by atoms with Gasteiger partial charge in [0.1, 0.15) is 23.4 Å². The van der Waals surface area contributed by atoms with Crippen molar-refractivity contribution in [2.24, 2.45) is 0 Å². The molecule has 0 radical (unpaired) electrons. The van der Waals surface area contributed by atoms with Crippen LogP contribution in [0.4, 0.5) is 10.5 Å². The second kappa shape index (κ2) is 13.7. The first-order valence-electron chi connectivity index (χ1n) is 14.5. The van der Waals surface area contributed by atoms with Gasteiger partial charge in [0.15, 0.2) is 0 Å². The number of terminal acetylenes is 1. The van der Waals surface area contributed by atoms with Gasteiger partial charge in [-0.3, -0.25) is 9.59 Å². The molecule has 0 saturated heterocycles. The average Bonchev–Trinajstić information content (AvgIpc) is 2.92. The van der Waals surface area contributed by atoms with E-state index in [1.807, 2.05) is 52.8 Å². The van der Waals surface area contributed by atoms with Gasteiger partial charge in [-0.2, -0.15) is 0 Å². The molecule has 3 amide bonds. The molecule has 44 heavy (non-hydrogen) atoms. The number of hydrogen-bond donors (Lipinski definition) is 3. The minimum Gasteiger partial charge on any atom is -0.508 e. The van der Waals surface area contributed by atoms with Gasteiger partial charge >= 0.3 is 6.09 Å². The summed E-state index contributed by atoms with van der Waals surface area (Å²) in [4.78, 5) is 43.6. The van der Waals surface area contributed by atoms with Crippen molar-refractivity contribution < 1.29 is 24.2 Å². The highest BCUT2D eigenvalue weighted by Gasteiger charge is 2.42. The number of rotatable bonds is 8. The smallest absolute Gasteiger partial charge is 0.408 e. The number of anilines is 1. The van der Waals surface area contributed by atoms with E-state index >= 15 is 0 Å². The summed E-state index contributed by atoms with van der Waals surface area (Å²) in [6.07, 6.45) is 5.20. The number of hydrogen-bond acceptors (Lipinski definition) is 5. The summed E-state index contributed by atoms with van der Waals surface area (Å²) in [6, 6.07) is 16.8. The van der Waals surface area contributed by atoms with Crippen LogP contribution in [-0.2, 0) is 20.7 Å². The van der Waals surface area contributed by atoms with Crippen molar-refractivity contribution >= 4 is 23.6 Å². The van der Waals surface area contributed by atoms with Crippen LogP contribution < -0.4 is 10.6 Å². The predicted octanol–water partition coefficient (Wildman–Crippen LogP) is 6.43. The molecule has 0 spiro atoms. The van der Waals surface area contributed by atoms with E-state index in [0.717, 1.165) is 11.1 Å². The zero-order valence-corrected chi connectivity index (χ0v) is 26.8. The van der Waals surface area contributed by atoms with Crippen LogP contribution in [0.25, 0.3) is 0 Å². The Morgan fingerprint density at radius 3 is 2.05 bits per heavy atom. The normalized spacial score (nSPS) is 12.8. The standard InChI is InChI=1S/C36H43N3O5/c1-10-26-16-11-12-17-28(26)31(32(41)38-30-23(2)14-13-15-24(30)3)39(35(4,5)6)33(42)29(37-34(43)44-36(7,8)9)22-25-18-20-27(40)21-19-25/h1,11-21,29,31,40H,22H2,2-9H3,(H,37,43)(H,38,41). The van der Waals surface area contributed by atoms with Gasteiger partial charge in [0.25, 0.3) is 5.91 Å². The fourth-order valence-corrected chi connectivity index (χ4v) is 5.00. The minimum atomic E-state index is -1.16. The molecule has 2 unspecified atom stereocenters. The second-order valence-electron chi connectivity index (χ2n) is 12.8. The number of aryl methyl sites for hydroxylation is 2. The zero-order valence-electron chi connectivity index (χ0n) is 26.8. The summed E-state index contributed by atoms with van der Waals surface area (Å²) >= 11 is 0. The van der Waals surface area contributed by atoms with Crippen LogP contribution in [0, 0.1) is 26.2 Å². The summed E-state index contributed by atoms with van der Waals surface area (Å²) in [5.41, 5.74) is 2.29. The van der Waals surface area contributed by atoms with Gasteiger partial charge in [0, 0.05) is 23.2 Å². The van der Waals surface area contributed by atoms with Crippen LogP contribution in [-0.4, -0.2) is 45.1 Å². The first-order valence-corrected chi connectivity index (χ1v) is 14.5. The predicted molar refractivity (Wildman–Crippen MR) is 173 cm³/mol. The fourth-order valence-electron chi connectivity index (χ4n) is 5.00. The molecule has 8 nitrogen and oxygen atoms in total. The van der Waals surface area contributed by atoms with Crippen LogP contribution in [0.1, 0.15) is 75.4 Å². The lowest BCUT2D eigenvalue weighted by atomic mass is 9.91. The van der Waals surface area contributed by atoms with Crippen molar-refractivity contribution in [3.63, 3.8) is 0 Å². The molecule has 2 atom stereocenters. The first-order chi connectivity index (χ1) is 20.5. The van der Waals surface area contributed by atoms with Crippen molar-refractivity contribution in [1.82, 2.24) is 10.2 Å². The van der Waals surface area contributed by atoms with Crippen LogP contribution in [0.2, 0.25) is 0 Å². The quantitative estimate of drug-likeness (QED) is 0.259. The monoisotopic (exact) mass is 597 g/mol. The zero-order chi connectivity index (χ0) is 32.8. The molecule has 3 aromatic rings. The lowest BCUT2D eigenvalue weighted by Crippen LogP contribution is -2.58. The van der Waals surface area contributed by atoms with Gasteiger partial charge in [-0.05, 0) is 95.8 Å². The van der Waals surface area contributed by atoms with Gasteiger partial charge in [0.05, 0.1) is 0 Å². The Balaban J connectivity index is 2.18. The molecule has 8 heteroatoms. The molecule has 0 fully saturated rings. The van der Waals surface area contributed by atoms with E-state index in [0.29, 0.717) is 22.4 Å². The molecule has 0 aromatic heterocycles. The summed E-state index contributed by atoms with van der Waals surface area (Å²) in [7, 11) is 0. The Kier molecular flexibility index (Phi) is 10.5. The number of phenolic OH excluding ortho intramolecular Hbond substituents is 1. The molecule has 0 aliphatic carbocycles. The molecule has 0 aliphatic rings. The summed E-state index contributed by atoms with van der Waals surface area (Å²) in [5, 5.41) is 15.6. The van der Waals surface area contributed by atoms with Gasteiger partial charge < -0.3 is 25.4 Å². The number of carbonyl (C=O) groups excluding carboxylic acids is 3. The van der Waals surface area contributed by atoms with Crippen LogP contribution >= 0.6 is 0 Å². The average molecular weight is 598 g/mol. The third-order valence-corrected chi connectivity index (χ3v) is 6.97. The summed E-state index contributed by atoms with van der Waals surface area (Å²) < 4.78 is 5.51. The van der Waals surface area contributed by atoms with Crippen molar-refractivity contribution in [2.75, 3.05) is 5.32 Å². The highest BCUT2D eigenvalue weighted by atomic mass is 16.6. The number of amides is 3. The minimum absolute atomic E-state index is 0.0715. The number of nitrogens with zero attached hydrogens (tertiary/aromatic N) is 1. The summed E-state index contributed by atoms with van der Waals surface area (Å²) in [6.45, 7) is 14.5. The number of benzene rings is 3. The Hall–Kier alpha value is -4.77. The van der Waals surface area contributed by atoms with Crippen molar-refractivity contribution in [3.05, 3.63) is 94.5 Å². The van der Waals surface area contributed by atoms with Gasteiger partial charge in [-0.1, -0.05) is 54.5 Å². The topological polar surface area (TPSA) is 108 Å². The SMILES string of the molecule is C#Cc1ccccc1C(C(=O)Nc1c(C)cccc1C)N(C(=O)C(Cc1ccc(O)cc1)NC(=O)OC(C)(C)C)C(C)(C)C. The largest absolute Gasteiger partial charge is 0.508 e. The van der Waals surface area contributed by atoms with Crippen LogP contribution in [0.3, 0.4) is 0 Å². The number of alkyl carbamates (subject to hydrolysis) is 1. The number of phenols is 1. The third kappa shape index (κ3) is 8.63. The molecule has 0 bridgehead atoms. The fraction of sp³-hybridized carbons (Fsp3) is 0.361. The van der Waals surface area contributed by atoms with Crippen LogP contribution in [0.15, 0.2) is 66.7 Å². The lowest BCUT2D eigenvalue weighted by Gasteiger charge is -2.43. The molecule has 3 N–H and O–H groups in total. The number of carbonyl (C=O) groups is 3. The van der Waals surface area contributed by atoms with Crippen molar-refractivity contribution in [1.29, 1.82) is 0 Å². The van der Waals surface area contributed by atoms with E-state index in [1.165, 1.54) is 17.0 Å². The third-order valence-electron chi connectivity index (χ3n) is 6.97. The number of nitrogens with one attached hydrogen (secondary N) is 2. The number of ether oxygens (including phenoxy) is 1. The molecule has 3 aromatic carbocycles. The lowest BCUT2D eigenvalue weighted by molar-refractivity contribution is -0.146. The highest BCUT2D eigenvalue weighted by Crippen LogP contribution is 2.34. The molecular weight excluding hydrogens is 554 g/mol. The number of para-hydroxylation sites is 1. The molecular formula is C36H43N3O5. The maximum atomic E-state index is 14.7. The van der Waals surface area contributed by atoms with E-state index in [1.54, 1.807) is 57.2 Å². The molecule has 0 saturated carbocycles. The second-order valence-corrected chi connectivity index (χ2v) is 12.8. The van der Waals surface area contributed by atoms with E-state index in [-0.39, 0.29) is 12.2 Å². The van der Waals surface area contributed by atoms with Crippen molar-refractivity contribution in [3.8, 4) is 18.1 Å². The molecule has 0 aliphatic heterocycles. The van der Waals surface area contributed by atoms with Crippen molar-refractivity contribution in [2.45, 2.75) is 85.0 Å². The Morgan fingerprint density at radius 2 is 1.50 bits per heavy atom. The van der Waals surface area contributed by atoms with E-state index in [9.17, 15) is 19.5 Å². The van der Waals surface area contributed by atoms with E-state index in [4.69, 9.17) is 11.2 Å². The van der Waals surface area contributed by atoms with Gasteiger partial charge in [-0.15, -0.1) is 6.42 Å². The number of aromatic hydroxyl groups is 1. The molecule has 232 valence electrons. The van der Waals surface area contributed by atoms with E-state index in [2.05, 4.69) is 16.6 Å². The van der Waals surface area contributed by atoms with Gasteiger partial charge in [-0.25, -0.2) is 4.79 Å².